The van der Waals surface area contributed by atoms with Crippen LogP contribution in [0.1, 0.15) is 0 Å². The van der Waals surface area contributed by atoms with Crippen molar-refractivity contribution in [1.29, 1.82) is 0 Å². The molecule has 0 aliphatic heterocycles. The van der Waals surface area contributed by atoms with Crippen molar-refractivity contribution in [3.05, 3.63) is 70.5 Å². The Morgan fingerprint density at radius 1 is 0.722 bits per heavy atom. The molecule has 3 aromatic rings. The molecule has 18 heavy (non-hydrogen) atoms. The molecule has 2 heteroatoms. The van der Waals surface area contributed by atoms with E-state index < -0.39 is 0 Å². The van der Waals surface area contributed by atoms with Gasteiger partial charge in [0.05, 0.1) is 3.57 Å². The van der Waals surface area contributed by atoms with Crippen LogP contribution in [-0.4, -0.2) is 0 Å². The van der Waals surface area contributed by atoms with Crippen molar-refractivity contribution >= 4 is 22.6 Å². The second kappa shape index (κ2) is 4.98. The van der Waals surface area contributed by atoms with Crippen molar-refractivity contribution in [1.82, 2.24) is 0 Å². The van der Waals surface area contributed by atoms with E-state index in [1.54, 1.807) is 0 Å². The van der Waals surface area contributed by atoms with Crippen molar-refractivity contribution in [2.75, 3.05) is 0 Å². The molecule has 1 heterocycles. The highest BCUT2D eigenvalue weighted by Gasteiger charge is 2.13. The summed E-state index contributed by atoms with van der Waals surface area (Å²) < 4.78 is 6.89. The molecule has 0 saturated carbocycles. The van der Waals surface area contributed by atoms with E-state index >= 15 is 0 Å². The molecule has 0 atom stereocenters. The van der Waals surface area contributed by atoms with E-state index in [-0.39, 0.29) is 0 Å². The fraction of sp³-hybridized carbons (Fsp3) is 0. The van der Waals surface area contributed by atoms with Gasteiger partial charge < -0.3 is 4.42 Å². The van der Waals surface area contributed by atoms with E-state index in [2.05, 4.69) is 46.9 Å². The Labute approximate surface area is 120 Å². The summed E-state index contributed by atoms with van der Waals surface area (Å²) in [5.74, 6) is 0.940. The summed E-state index contributed by atoms with van der Waals surface area (Å²) in [5, 5.41) is 0. The first kappa shape index (κ1) is 11.5. The molecule has 1 aromatic heterocycles. The number of halogens is 1. The molecule has 0 bridgehead atoms. The molecule has 0 spiro atoms. The Morgan fingerprint density at radius 2 is 1.28 bits per heavy atom. The second-order valence-corrected chi connectivity index (χ2v) is 5.10. The van der Waals surface area contributed by atoms with Gasteiger partial charge in [0, 0.05) is 11.1 Å². The predicted octanol–water partition coefficient (Wildman–Crippen LogP) is 5.22. The van der Waals surface area contributed by atoms with E-state index in [4.69, 9.17) is 4.42 Å². The smallest absolute Gasteiger partial charge is 0.147 e. The summed E-state index contributed by atoms with van der Waals surface area (Å²) in [4.78, 5) is 0. The summed E-state index contributed by atoms with van der Waals surface area (Å²) in [6.07, 6.45) is 1.83. The zero-order chi connectivity index (χ0) is 12.4. The van der Waals surface area contributed by atoms with E-state index in [1.165, 1.54) is 5.56 Å². The van der Waals surface area contributed by atoms with Crippen LogP contribution in [0.4, 0.5) is 0 Å². The Kier molecular flexibility index (Phi) is 3.19. The molecule has 0 saturated heterocycles. The third kappa shape index (κ3) is 2.08. The van der Waals surface area contributed by atoms with Gasteiger partial charge in [-0.1, -0.05) is 60.7 Å². The lowest BCUT2D eigenvalue weighted by Crippen LogP contribution is -1.79. The topological polar surface area (TPSA) is 13.1 Å². The molecule has 0 fully saturated rings. The lowest BCUT2D eigenvalue weighted by Gasteiger charge is -1.99. The fourth-order valence-corrected chi connectivity index (χ4v) is 2.82. The van der Waals surface area contributed by atoms with Crippen LogP contribution < -0.4 is 0 Å². The van der Waals surface area contributed by atoms with Crippen LogP contribution in [0.15, 0.2) is 71.3 Å². The zero-order valence-corrected chi connectivity index (χ0v) is 11.8. The van der Waals surface area contributed by atoms with Crippen molar-refractivity contribution in [3.8, 4) is 22.5 Å². The Balaban J connectivity index is 2.09. The van der Waals surface area contributed by atoms with Crippen molar-refractivity contribution in [2.45, 2.75) is 0 Å². The molecule has 0 N–H and O–H groups in total. The molecule has 88 valence electrons. The number of rotatable bonds is 2. The number of furan rings is 1. The molecular formula is C16H11IO. The SMILES string of the molecule is Ic1c(-c2ccccc2)coc1-c1ccccc1. The highest BCUT2D eigenvalue weighted by atomic mass is 127. The average Bonchev–Trinajstić information content (AvgIpc) is 2.83. The molecule has 0 aliphatic rings. The van der Waals surface area contributed by atoms with Gasteiger partial charge in [-0.3, -0.25) is 0 Å². The minimum absolute atomic E-state index is 0.940. The second-order valence-electron chi connectivity index (χ2n) is 4.02. The maximum atomic E-state index is 5.73. The summed E-state index contributed by atoms with van der Waals surface area (Å²) in [6, 6.07) is 20.5. The lowest BCUT2D eigenvalue weighted by molar-refractivity contribution is 0.582. The molecule has 0 radical (unpaired) electrons. The third-order valence-corrected chi connectivity index (χ3v) is 3.92. The average molecular weight is 346 g/mol. The Morgan fingerprint density at radius 3 is 1.89 bits per heavy atom. The fourth-order valence-electron chi connectivity index (χ4n) is 1.94. The highest BCUT2D eigenvalue weighted by molar-refractivity contribution is 14.1. The monoisotopic (exact) mass is 346 g/mol. The van der Waals surface area contributed by atoms with Crippen LogP contribution in [0.5, 0.6) is 0 Å². The molecule has 3 rings (SSSR count). The van der Waals surface area contributed by atoms with Gasteiger partial charge in [0.2, 0.25) is 0 Å². The number of benzene rings is 2. The summed E-state index contributed by atoms with van der Waals surface area (Å²) in [6.45, 7) is 0. The van der Waals surface area contributed by atoms with E-state index in [0.717, 1.165) is 20.5 Å². The quantitative estimate of drug-likeness (QED) is 0.580. The summed E-state index contributed by atoms with van der Waals surface area (Å²) in [5.41, 5.74) is 3.45. The van der Waals surface area contributed by atoms with Crippen LogP contribution >= 0.6 is 22.6 Å². The third-order valence-electron chi connectivity index (χ3n) is 2.85. The van der Waals surface area contributed by atoms with Gasteiger partial charge in [-0.2, -0.15) is 0 Å². The predicted molar refractivity (Wildman–Crippen MR) is 82.3 cm³/mol. The standard InChI is InChI=1S/C16H11IO/c17-15-14(12-7-3-1-4-8-12)11-18-16(15)13-9-5-2-6-10-13/h1-11H. The molecule has 2 aromatic carbocycles. The molecule has 0 unspecified atom stereocenters. The van der Waals surface area contributed by atoms with Gasteiger partial charge in [-0.05, 0) is 28.2 Å². The van der Waals surface area contributed by atoms with Crippen molar-refractivity contribution in [2.24, 2.45) is 0 Å². The van der Waals surface area contributed by atoms with Crippen LogP contribution in [0.2, 0.25) is 0 Å². The first-order valence-electron chi connectivity index (χ1n) is 5.74. The van der Waals surface area contributed by atoms with Gasteiger partial charge in [0.25, 0.3) is 0 Å². The van der Waals surface area contributed by atoms with Gasteiger partial charge >= 0.3 is 0 Å². The maximum Gasteiger partial charge on any atom is 0.147 e. The Bertz CT molecular complexity index is 584. The van der Waals surface area contributed by atoms with Crippen LogP contribution in [0.3, 0.4) is 0 Å². The van der Waals surface area contributed by atoms with Crippen molar-refractivity contribution < 1.29 is 4.42 Å². The first-order valence-corrected chi connectivity index (χ1v) is 6.82. The van der Waals surface area contributed by atoms with Gasteiger partial charge in [-0.15, -0.1) is 0 Å². The van der Waals surface area contributed by atoms with E-state index in [1.807, 2.05) is 42.7 Å². The summed E-state index contributed by atoms with van der Waals surface area (Å²) in [7, 11) is 0. The normalized spacial score (nSPS) is 10.5. The van der Waals surface area contributed by atoms with E-state index in [9.17, 15) is 0 Å². The molecule has 0 amide bonds. The lowest BCUT2D eigenvalue weighted by atomic mass is 10.1. The van der Waals surface area contributed by atoms with Crippen LogP contribution in [0, 0.1) is 3.57 Å². The minimum Gasteiger partial charge on any atom is -0.463 e. The van der Waals surface area contributed by atoms with Crippen LogP contribution in [0.25, 0.3) is 22.5 Å². The number of hydrogen-bond donors (Lipinski definition) is 0. The van der Waals surface area contributed by atoms with Crippen molar-refractivity contribution in [3.63, 3.8) is 0 Å². The van der Waals surface area contributed by atoms with Gasteiger partial charge in [-0.25, -0.2) is 0 Å². The molecule has 1 nitrogen and oxygen atoms in total. The van der Waals surface area contributed by atoms with Gasteiger partial charge in [0.15, 0.2) is 0 Å². The van der Waals surface area contributed by atoms with Gasteiger partial charge in [0.1, 0.15) is 12.0 Å². The zero-order valence-electron chi connectivity index (χ0n) is 9.64. The largest absolute Gasteiger partial charge is 0.463 e. The van der Waals surface area contributed by atoms with Crippen LogP contribution in [-0.2, 0) is 0 Å². The number of hydrogen-bond acceptors (Lipinski definition) is 1. The van der Waals surface area contributed by atoms with E-state index in [0.29, 0.717) is 0 Å². The minimum atomic E-state index is 0.940. The molecule has 0 aliphatic carbocycles. The maximum absolute atomic E-state index is 5.73. The first-order chi connectivity index (χ1) is 8.86. The molecular weight excluding hydrogens is 335 g/mol. The highest BCUT2D eigenvalue weighted by Crippen LogP contribution is 2.35. The Hall–Kier alpha value is -1.55. The summed E-state index contributed by atoms with van der Waals surface area (Å²) >= 11 is 2.35.